The first-order valence-corrected chi connectivity index (χ1v) is 10.5. The third-order valence-electron chi connectivity index (χ3n) is 4.52. The monoisotopic (exact) mass is 342 g/mol. The predicted octanol–water partition coefficient (Wildman–Crippen LogP) is 3.58. The van der Waals surface area contributed by atoms with Gasteiger partial charge in [0.15, 0.2) is 0 Å². The van der Waals surface area contributed by atoms with Crippen molar-refractivity contribution in [2.24, 2.45) is 5.41 Å². The van der Waals surface area contributed by atoms with Gasteiger partial charge in [-0.3, -0.25) is 0 Å². The van der Waals surface area contributed by atoms with Crippen LogP contribution < -0.4 is 10.4 Å². The molecule has 0 aliphatic heterocycles. The van der Waals surface area contributed by atoms with Crippen LogP contribution in [-0.2, 0) is 4.43 Å². The van der Waals surface area contributed by atoms with Gasteiger partial charge in [-0.25, -0.2) is 0 Å². The van der Waals surface area contributed by atoms with Gasteiger partial charge in [-0.15, -0.1) is 0 Å². The van der Waals surface area contributed by atoms with Crippen molar-refractivity contribution in [1.82, 2.24) is 0 Å². The van der Waals surface area contributed by atoms with E-state index in [-0.39, 0.29) is 17.1 Å². The first kappa shape index (κ1) is 18.9. The molecule has 1 N–H and O–H groups in total. The third kappa shape index (κ3) is 3.80. The fraction of sp³-hybridized carbons (Fsp3) is 0.429. The Kier molecular flexibility index (Phi) is 5.69. The Morgan fingerprint density at radius 2 is 1.21 bits per heavy atom. The molecular weight excluding hydrogens is 312 g/mol. The minimum atomic E-state index is -2.49. The van der Waals surface area contributed by atoms with Crippen molar-refractivity contribution in [3.8, 4) is 0 Å². The number of aliphatic hydroxyl groups is 1. The first-order valence-electron chi connectivity index (χ1n) is 8.59. The minimum absolute atomic E-state index is 0.0265. The van der Waals surface area contributed by atoms with Gasteiger partial charge >= 0.3 is 0 Å². The Hall–Kier alpha value is -1.42. The standard InChI is InChI=1S/C21H30O2Si/c1-20(2,3)24(18-12-8-6-9-13-18,19-14-10-7-11-15-19)23-17-21(4,5)16-22/h6-15,22H,16-17H2,1-5H3. The largest absolute Gasteiger partial charge is 0.407 e. The van der Waals surface area contributed by atoms with Crippen LogP contribution in [0.1, 0.15) is 34.6 Å². The van der Waals surface area contributed by atoms with Crippen LogP contribution in [0.15, 0.2) is 60.7 Å². The van der Waals surface area contributed by atoms with Gasteiger partial charge in [-0.2, -0.15) is 0 Å². The van der Waals surface area contributed by atoms with Crippen molar-refractivity contribution in [1.29, 1.82) is 0 Å². The highest BCUT2D eigenvalue weighted by Crippen LogP contribution is 2.37. The molecule has 0 amide bonds. The van der Waals surface area contributed by atoms with E-state index in [0.717, 1.165) is 0 Å². The maximum atomic E-state index is 9.67. The lowest BCUT2D eigenvalue weighted by Gasteiger charge is -2.44. The summed E-state index contributed by atoms with van der Waals surface area (Å²) in [5, 5.41) is 12.2. The van der Waals surface area contributed by atoms with Crippen LogP contribution in [0.5, 0.6) is 0 Å². The van der Waals surface area contributed by atoms with Crippen molar-refractivity contribution in [2.75, 3.05) is 13.2 Å². The average Bonchev–Trinajstić information content (AvgIpc) is 2.56. The van der Waals surface area contributed by atoms with Crippen LogP contribution >= 0.6 is 0 Å². The zero-order valence-electron chi connectivity index (χ0n) is 15.5. The van der Waals surface area contributed by atoms with Gasteiger partial charge < -0.3 is 9.53 Å². The average molecular weight is 343 g/mol. The summed E-state index contributed by atoms with van der Waals surface area (Å²) in [5.74, 6) is 0. The van der Waals surface area contributed by atoms with Gasteiger partial charge in [-0.1, -0.05) is 95.3 Å². The molecule has 2 aromatic carbocycles. The van der Waals surface area contributed by atoms with Gasteiger partial charge in [0, 0.05) is 12.0 Å². The van der Waals surface area contributed by atoms with Crippen molar-refractivity contribution in [3.63, 3.8) is 0 Å². The van der Waals surface area contributed by atoms with Crippen molar-refractivity contribution >= 4 is 18.7 Å². The van der Waals surface area contributed by atoms with Crippen LogP contribution in [0.25, 0.3) is 0 Å². The van der Waals surface area contributed by atoms with Crippen LogP contribution in [0.3, 0.4) is 0 Å². The Morgan fingerprint density at radius 1 is 0.792 bits per heavy atom. The summed E-state index contributed by atoms with van der Waals surface area (Å²) in [4.78, 5) is 0. The highest BCUT2D eigenvalue weighted by molar-refractivity contribution is 6.99. The summed E-state index contributed by atoms with van der Waals surface area (Å²) in [5.41, 5.74) is -0.257. The second-order valence-electron chi connectivity index (χ2n) is 8.27. The van der Waals surface area contributed by atoms with E-state index >= 15 is 0 Å². The van der Waals surface area contributed by atoms with Gasteiger partial charge in [0.25, 0.3) is 8.32 Å². The molecule has 0 saturated carbocycles. The van der Waals surface area contributed by atoms with E-state index in [0.29, 0.717) is 6.61 Å². The normalized spacial score (nSPS) is 13.1. The van der Waals surface area contributed by atoms with Crippen LogP contribution in [0.4, 0.5) is 0 Å². The van der Waals surface area contributed by atoms with E-state index in [2.05, 4.69) is 69.3 Å². The van der Waals surface area contributed by atoms with Crippen LogP contribution in [0, 0.1) is 5.41 Å². The molecule has 0 fully saturated rings. The quantitative estimate of drug-likeness (QED) is 0.813. The number of hydrogen-bond acceptors (Lipinski definition) is 2. The second kappa shape index (κ2) is 7.22. The molecule has 0 radical (unpaired) electrons. The van der Waals surface area contributed by atoms with Gasteiger partial charge in [0.05, 0.1) is 6.61 Å². The highest BCUT2D eigenvalue weighted by Gasteiger charge is 2.50. The molecule has 130 valence electrons. The fourth-order valence-electron chi connectivity index (χ4n) is 3.11. The van der Waals surface area contributed by atoms with E-state index in [9.17, 15) is 5.11 Å². The maximum Gasteiger partial charge on any atom is 0.261 e. The Labute approximate surface area is 147 Å². The molecule has 2 rings (SSSR count). The lowest BCUT2D eigenvalue weighted by atomic mass is 9.97. The fourth-order valence-corrected chi connectivity index (χ4v) is 7.87. The van der Waals surface area contributed by atoms with E-state index in [1.165, 1.54) is 10.4 Å². The van der Waals surface area contributed by atoms with Crippen molar-refractivity contribution < 1.29 is 9.53 Å². The van der Waals surface area contributed by atoms with Gasteiger partial charge in [0.2, 0.25) is 0 Å². The number of hydrogen-bond donors (Lipinski definition) is 1. The molecule has 3 heteroatoms. The summed E-state index contributed by atoms with van der Waals surface area (Å²) in [6.07, 6.45) is 0. The molecule has 0 heterocycles. The molecule has 2 nitrogen and oxygen atoms in total. The van der Waals surface area contributed by atoms with Gasteiger partial charge in [-0.05, 0) is 15.4 Å². The van der Waals surface area contributed by atoms with Crippen molar-refractivity contribution in [3.05, 3.63) is 60.7 Å². The minimum Gasteiger partial charge on any atom is -0.407 e. The van der Waals surface area contributed by atoms with E-state index in [1.54, 1.807) is 0 Å². The zero-order chi connectivity index (χ0) is 17.8. The second-order valence-corrected chi connectivity index (χ2v) is 12.6. The highest BCUT2D eigenvalue weighted by atomic mass is 28.4. The Bertz CT molecular complexity index is 590. The van der Waals surface area contributed by atoms with Crippen LogP contribution in [-0.4, -0.2) is 26.6 Å². The molecule has 0 spiro atoms. The number of benzene rings is 2. The maximum absolute atomic E-state index is 9.67. The smallest absolute Gasteiger partial charge is 0.261 e. The summed E-state index contributed by atoms with van der Waals surface area (Å²) >= 11 is 0. The van der Waals surface area contributed by atoms with E-state index in [1.807, 2.05) is 26.0 Å². The van der Waals surface area contributed by atoms with Crippen molar-refractivity contribution in [2.45, 2.75) is 39.7 Å². The topological polar surface area (TPSA) is 29.5 Å². The molecule has 0 unspecified atom stereocenters. The SMILES string of the molecule is CC(C)(CO)CO[Si](c1ccccc1)(c1ccccc1)C(C)(C)C. The summed E-state index contributed by atoms with van der Waals surface area (Å²) < 4.78 is 6.80. The third-order valence-corrected chi connectivity index (χ3v) is 9.51. The predicted molar refractivity (Wildman–Crippen MR) is 104 cm³/mol. The van der Waals surface area contributed by atoms with E-state index in [4.69, 9.17) is 4.43 Å². The van der Waals surface area contributed by atoms with E-state index < -0.39 is 8.32 Å². The zero-order valence-corrected chi connectivity index (χ0v) is 16.5. The number of rotatable bonds is 6. The van der Waals surface area contributed by atoms with Gasteiger partial charge in [0.1, 0.15) is 0 Å². The molecule has 24 heavy (non-hydrogen) atoms. The lowest BCUT2D eigenvalue weighted by molar-refractivity contribution is 0.0926. The lowest BCUT2D eigenvalue weighted by Crippen LogP contribution is -2.67. The first-order chi connectivity index (χ1) is 11.2. The number of aliphatic hydroxyl groups excluding tert-OH is 1. The molecule has 2 aromatic rings. The molecule has 0 aromatic heterocycles. The Morgan fingerprint density at radius 3 is 1.54 bits per heavy atom. The molecule has 0 saturated heterocycles. The summed E-state index contributed by atoms with van der Waals surface area (Å²) in [7, 11) is -2.49. The molecule has 0 aliphatic rings. The molecule has 0 aliphatic carbocycles. The molecule has 0 atom stereocenters. The molecule has 0 bridgehead atoms. The molecular formula is C21H30O2Si. The summed E-state index contributed by atoms with van der Waals surface area (Å²) in [6.45, 7) is 11.6. The summed E-state index contributed by atoms with van der Waals surface area (Å²) in [6, 6.07) is 21.2. The van der Waals surface area contributed by atoms with Crippen LogP contribution in [0.2, 0.25) is 5.04 Å². The Balaban J connectivity index is 2.62.